The van der Waals surface area contributed by atoms with E-state index >= 15 is 0 Å². The van der Waals surface area contributed by atoms with Crippen molar-refractivity contribution in [1.29, 1.82) is 0 Å². The van der Waals surface area contributed by atoms with E-state index in [1.54, 1.807) is 0 Å². The Morgan fingerprint density at radius 1 is 1.39 bits per heavy atom. The Kier molecular flexibility index (Phi) is 4.25. The maximum absolute atomic E-state index is 12.3. The summed E-state index contributed by atoms with van der Waals surface area (Å²) in [5.74, 6) is 0.832. The number of carbonyl (C=O) groups excluding carboxylic acids is 1. The van der Waals surface area contributed by atoms with Gasteiger partial charge in [0.15, 0.2) is 0 Å². The van der Waals surface area contributed by atoms with Crippen LogP contribution in [0.5, 0.6) is 0 Å². The SMILES string of the molecule is Cl.O=C(CC1CCNC1)N1CCc2ccccc21. The fraction of sp³-hybridized carbons (Fsp3) is 0.500. The molecule has 4 heteroatoms. The first-order chi connectivity index (χ1) is 8.34. The maximum atomic E-state index is 12.3. The summed E-state index contributed by atoms with van der Waals surface area (Å²) in [7, 11) is 0. The number of nitrogens with one attached hydrogen (secondary N) is 1. The Morgan fingerprint density at radius 3 is 3.00 bits per heavy atom. The molecule has 1 unspecified atom stereocenters. The van der Waals surface area contributed by atoms with Gasteiger partial charge in [-0.05, 0) is 43.5 Å². The molecule has 1 aromatic carbocycles. The van der Waals surface area contributed by atoms with Crippen molar-refractivity contribution < 1.29 is 4.79 Å². The zero-order chi connectivity index (χ0) is 11.7. The van der Waals surface area contributed by atoms with Crippen LogP contribution in [-0.4, -0.2) is 25.5 Å². The van der Waals surface area contributed by atoms with Gasteiger partial charge in [-0.2, -0.15) is 0 Å². The third-order valence-electron chi connectivity index (χ3n) is 3.81. The molecule has 2 aliphatic rings. The number of para-hydroxylation sites is 1. The molecule has 0 radical (unpaired) electrons. The van der Waals surface area contributed by atoms with Gasteiger partial charge in [-0.3, -0.25) is 4.79 Å². The third-order valence-corrected chi connectivity index (χ3v) is 3.81. The number of rotatable bonds is 2. The lowest BCUT2D eigenvalue weighted by Crippen LogP contribution is -2.30. The van der Waals surface area contributed by atoms with Crippen LogP contribution in [0.4, 0.5) is 5.69 Å². The summed E-state index contributed by atoms with van der Waals surface area (Å²) in [6.07, 6.45) is 2.84. The number of carbonyl (C=O) groups is 1. The minimum Gasteiger partial charge on any atom is -0.316 e. The summed E-state index contributed by atoms with van der Waals surface area (Å²) in [6, 6.07) is 8.25. The van der Waals surface area contributed by atoms with Gasteiger partial charge in [0, 0.05) is 18.7 Å². The molecule has 0 aromatic heterocycles. The Hall–Kier alpha value is -1.06. The average molecular weight is 267 g/mol. The highest BCUT2D eigenvalue weighted by atomic mass is 35.5. The number of amides is 1. The summed E-state index contributed by atoms with van der Waals surface area (Å²) in [4.78, 5) is 14.2. The third kappa shape index (κ3) is 2.52. The fourth-order valence-electron chi connectivity index (χ4n) is 2.84. The van der Waals surface area contributed by atoms with Crippen molar-refractivity contribution in [3.05, 3.63) is 29.8 Å². The second kappa shape index (κ2) is 5.72. The Bertz CT molecular complexity index is 430. The van der Waals surface area contributed by atoms with Crippen LogP contribution in [0, 0.1) is 5.92 Å². The minimum absolute atomic E-state index is 0. The topological polar surface area (TPSA) is 32.3 Å². The quantitative estimate of drug-likeness (QED) is 0.888. The predicted octanol–water partition coefficient (Wildman–Crippen LogP) is 2.00. The Balaban J connectivity index is 0.00000120. The number of benzene rings is 1. The smallest absolute Gasteiger partial charge is 0.227 e. The van der Waals surface area contributed by atoms with E-state index in [1.165, 1.54) is 5.56 Å². The first-order valence-electron chi connectivity index (χ1n) is 6.43. The number of hydrogen-bond donors (Lipinski definition) is 1. The molecule has 3 nitrogen and oxygen atoms in total. The van der Waals surface area contributed by atoms with Crippen molar-refractivity contribution in [3.63, 3.8) is 0 Å². The number of anilines is 1. The molecule has 0 bridgehead atoms. The second-order valence-electron chi connectivity index (χ2n) is 4.99. The zero-order valence-corrected chi connectivity index (χ0v) is 11.2. The van der Waals surface area contributed by atoms with Crippen molar-refractivity contribution in [2.45, 2.75) is 19.3 Å². The summed E-state index contributed by atoms with van der Waals surface area (Å²) in [5.41, 5.74) is 2.44. The summed E-state index contributed by atoms with van der Waals surface area (Å²) in [6.45, 7) is 2.92. The van der Waals surface area contributed by atoms with Crippen molar-refractivity contribution in [3.8, 4) is 0 Å². The highest BCUT2D eigenvalue weighted by molar-refractivity contribution is 5.95. The van der Waals surface area contributed by atoms with Crippen molar-refractivity contribution in [2.24, 2.45) is 5.92 Å². The first-order valence-corrected chi connectivity index (χ1v) is 6.43. The number of hydrogen-bond acceptors (Lipinski definition) is 2. The molecular weight excluding hydrogens is 248 g/mol. The van der Waals surface area contributed by atoms with Gasteiger partial charge in [0.1, 0.15) is 0 Å². The molecule has 3 rings (SSSR count). The van der Waals surface area contributed by atoms with Crippen LogP contribution >= 0.6 is 12.4 Å². The molecule has 18 heavy (non-hydrogen) atoms. The number of halogens is 1. The van der Waals surface area contributed by atoms with Crippen LogP contribution in [0.2, 0.25) is 0 Å². The van der Waals surface area contributed by atoms with E-state index in [-0.39, 0.29) is 12.4 Å². The lowest BCUT2D eigenvalue weighted by Gasteiger charge is -2.19. The van der Waals surface area contributed by atoms with Gasteiger partial charge < -0.3 is 10.2 Å². The van der Waals surface area contributed by atoms with Crippen molar-refractivity contribution >= 4 is 24.0 Å². The molecular formula is C14H19ClN2O. The standard InChI is InChI=1S/C14H18N2O.ClH/c17-14(9-11-5-7-15-10-11)16-8-6-12-3-1-2-4-13(12)16;/h1-4,11,15H,5-10H2;1H. The van der Waals surface area contributed by atoms with Gasteiger partial charge >= 0.3 is 0 Å². The molecule has 1 aromatic rings. The van der Waals surface area contributed by atoms with Crippen LogP contribution in [0.1, 0.15) is 18.4 Å². The largest absolute Gasteiger partial charge is 0.316 e. The van der Waals surface area contributed by atoms with E-state index in [9.17, 15) is 4.79 Å². The van der Waals surface area contributed by atoms with Gasteiger partial charge in [-0.15, -0.1) is 12.4 Å². The molecule has 1 atom stereocenters. The van der Waals surface area contributed by atoms with Gasteiger partial charge in [0.2, 0.25) is 5.91 Å². The van der Waals surface area contributed by atoms with E-state index in [4.69, 9.17) is 0 Å². The molecule has 0 aliphatic carbocycles. The predicted molar refractivity (Wildman–Crippen MR) is 75.3 cm³/mol. The molecule has 0 spiro atoms. The summed E-state index contributed by atoms with van der Waals surface area (Å²) < 4.78 is 0. The van der Waals surface area contributed by atoms with Crippen molar-refractivity contribution in [2.75, 3.05) is 24.5 Å². The van der Waals surface area contributed by atoms with Crippen LogP contribution < -0.4 is 10.2 Å². The van der Waals surface area contributed by atoms with E-state index in [0.717, 1.165) is 38.2 Å². The highest BCUT2D eigenvalue weighted by Gasteiger charge is 2.27. The Labute approximate surface area is 114 Å². The second-order valence-corrected chi connectivity index (χ2v) is 4.99. The fourth-order valence-corrected chi connectivity index (χ4v) is 2.84. The molecule has 1 N–H and O–H groups in total. The van der Waals surface area contributed by atoms with Crippen LogP contribution in [0.3, 0.4) is 0 Å². The number of fused-ring (bicyclic) bond motifs is 1. The van der Waals surface area contributed by atoms with Crippen molar-refractivity contribution in [1.82, 2.24) is 5.32 Å². The first kappa shape index (κ1) is 13.4. The minimum atomic E-state index is 0. The summed E-state index contributed by atoms with van der Waals surface area (Å²) >= 11 is 0. The highest BCUT2D eigenvalue weighted by Crippen LogP contribution is 2.28. The maximum Gasteiger partial charge on any atom is 0.227 e. The molecule has 2 aliphatic heterocycles. The van der Waals surface area contributed by atoms with E-state index in [0.29, 0.717) is 18.2 Å². The lowest BCUT2D eigenvalue weighted by atomic mass is 10.0. The molecule has 1 fully saturated rings. The van der Waals surface area contributed by atoms with Gasteiger partial charge in [-0.1, -0.05) is 18.2 Å². The van der Waals surface area contributed by atoms with Gasteiger partial charge in [0.25, 0.3) is 0 Å². The van der Waals surface area contributed by atoms with Crippen LogP contribution in [0.25, 0.3) is 0 Å². The Morgan fingerprint density at radius 2 is 2.22 bits per heavy atom. The normalized spacial score (nSPS) is 21.6. The van der Waals surface area contributed by atoms with E-state index in [1.807, 2.05) is 17.0 Å². The lowest BCUT2D eigenvalue weighted by molar-refractivity contribution is -0.119. The van der Waals surface area contributed by atoms with Gasteiger partial charge in [-0.25, -0.2) is 0 Å². The zero-order valence-electron chi connectivity index (χ0n) is 10.4. The summed E-state index contributed by atoms with van der Waals surface area (Å²) in [5, 5.41) is 3.32. The van der Waals surface area contributed by atoms with E-state index in [2.05, 4.69) is 17.4 Å². The molecule has 2 heterocycles. The number of nitrogens with zero attached hydrogens (tertiary/aromatic N) is 1. The molecule has 0 saturated carbocycles. The average Bonchev–Trinajstić information content (AvgIpc) is 2.96. The molecule has 1 amide bonds. The molecule has 1 saturated heterocycles. The monoisotopic (exact) mass is 266 g/mol. The van der Waals surface area contributed by atoms with Crippen LogP contribution in [0.15, 0.2) is 24.3 Å². The molecule has 98 valence electrons. The van der Waals surface area contributed by atoms with Crippen LogP contribution in [-0.2, 0) is 11.2 Å². The van der Waals surface area contributed by atoms with Gasteiger partial charge in [0.05, 0.1) is 0 Å². The van der Waals surface area contributed by atoms with E-state index < -0.39 is 0 Å².